The van der Waals surface area contributed by atoms with Crippen molar-refractivity contribution in [3.05, 3.63) is 53.6 Å². The second kappa shape index (κ2) is 8.60. The quantitative estimate of drug-likeness (QED) is 0.540. The normalized spacial score (nSPS) is 12.7. The Morgan fingerprint density at radius 1 is 1.10 bits per heavy atom. The number of hydrogen-bond acceptors (Lipinski definition) is 6. The van der Waals surface area contributed by atoms with Crippen LogP contribution in [0.4, 0.5) is 0 Å². The minimum absolute atomic E-state index is 0.181. The summed E-state index contributed by atoms with van der Waals surface area (Å²) in [5, 5.41) is 18.2. The summed E-state index contributed by atoms with van der Waals surface area (Å²) in [6.45, 7) is 5.81. The van der Waals surface area contributed by atoms with E-state index in [-0.39, 0.29) is 10.1 Å². The summed E-state index contributed by atoms with van der Waals surface area (Å²) < 4.78 is 28.3. The number of hydrogen-bond donors (Lipinski definition) is 0. The highest BCUT2D eigenvalue weighted by Crippen LogP contribution is 2.33. The Kier molecular flexibility index (Phi) is 6.31. The van der Waals surface area contributed by atoms with Crippen molar-refractivity contribution in [2.75, 3.05) is 14.1 Å². The van der Waals surface area contributed by atoms with Gasteiger partial charge in [0.25, 0.3) is 0 Å². The van der Waals surface area contributed by atoms with Gasteiger partial charge in [-0.2, -0.15) is 5.26 Å². The maximum atomic E-state index is 12.6. The molecule has 3 aromatic rings. The molecule has 0 unspecified atom stereocenters. The highest BCUT2D eigenvalue weighted by Gasteiger charge is 2.23. The molecule has 1 heterocycles. The largest absolute Gasteiger partial charge is 0.269 e. The summed E-state index contributed by atoms with van der Waals surface area (Å²) in [6, 6.07) is 14.9. The molecule has 7 nitrogen and oxygen atoms in total. The van der Waals surface area contributed by atoms with Crippen molar-refractivity contribution in [1.29, 1.82) is 5.26 Å². The van der Waals surface area contributed by atoms with Gasteiger partial charge in [-0.05, 0) is 44.0 Å². The highest BCUT2D eigenvalue weighted by atomic mass is 32.2. The zero-order valence-electron chi connectivity index (χ0n) is 17.5. The summed E-state index contributed by atoms with van der Waals surface area (Å²) in [4.78, 5) is 0.181. The van der Waals surface area contributed by atoms with E-state index in [1.807, 2.05) is 42.7 Å². The number of benzene rings is 2. The second-order valence-electron chi connectivity index (χ2n) is 7.09. The van der Waals surface area contributed by atoms with E-state index in [1.54, 1.807) is 25.1 Å². The van der Waals surface area contributed by atoms with Crippen LogP contribution in [0.3, 0.4) is 0 Å². The molecule has 0 radical (unpaired) electrons. The van der Waals surface area contributed by atoms with Crippen LogP contribution >= 0.6 is 11.8 Å². The predicted octanol–water partition coefficient (Wildman–Crippen LogP) is 3.81. The van der Waals surface area contributed by atoms with Crippen LogP contribution in [-0.4, -0.2) is 46.8 Å². The molecule has 0 saturated heterocycles. The van der Waals surface area contributed by atoms with Crippen molar-refractivity contribution in [2.24, 2.45) is 0 Å². The fourth-order valence-electron chi connectivity index (χ4n) is 3.08. The molecule has 2 aromatic carbocycles. The van der Waals surface area contributed by atoms with E-state index in [0.717, 1.165) is 16.8 Å². The number of nitrogens with zero attached hydrogens (tertiary/aromatic N) is 5. The summed E-state index contributed by atoms with van der Waals surface area (Å²) in [5.41, 5.74) is 3.61. The zero-order chi connectivity index (χ0) is 22.1. The fraction of sp³-hybridized carbons (Fsp3) is 0.286. The smallest absolute Gasteiger partial charge is 0.242 e. The zero-order valence-corrected chi connectivity index (χ0v) is 19.1. The molecule has 0 aliphatic rings. The minimum atomic E-state index is -3.59. The summed E-state index contributed by atoms with van der Waals surface area (Å²) in [7, 11) is -0.591. The van der Waals surface area contributed by atoms with Gasteiger partial charge in [-0.3, -0.25) is 4.57 Å². The van der Waals surface area contributed by atoms with E-state index < -0.39 is 10.0 Å². The number of para-hydroxylation sites is 1. The van der Waals surface area contributed by atoms with Crippen molar-refractivity contribution in [3.8, 4) is 23.1 Å². The van der Waals surface area contributed by atoms with E-state index in [4.69, 9.17) is 0 Å². The van der Waals surface area contributed by atoms with Gasteiger partial charge in [-0.1, -0.05) is 42.1 Å². The number of aromatic nitrogens is 3. The molecular weight excluding hydrogens is 418 g/mol. The number of nitriles is 1. The molecule has 0 fully saturated rings. The van der Waals surface area contributed by atoms with Gasteiger partial charge in [0.1, 0.15) is 0 Å². The van der Waals surface area contributed by atoms with Crippen LogP contribution in [-0.2, 0) is 10.0 Å². The molecule has 0 saturated carbocycles. The lowest BCUT2D eigenvalue weighted by molar-refractivity contribution is 0.521. The molecule has 0 aliphatic carbocycles. The minimum Gasteiger partial charge on any atom is -0.269 e. The second-order valence-corrected chi connectivity index (χ2v) is 10.5. The van der Waals surface area contributed by atoms with Gasteiger partial charge < -0.3 is 0 Å². The lowest BCUT2D eigenvalue weighted by Crippen LogP contribution is -2.22. The lowest BCUT2D eigenvalue weighted by Gasteiger charge is -2.16. The Hall–Kier alpha value is -2.67. The third kappa shape index (κ3) is 4.12. The fourth-order valence-corrected chi connectivity index (χ4v) is 4.77. The van der Waals surface area contributed by atoms with Crippen LogP contribution in [0.25, 0.3) is 17.1 Å². The Morgan fingerprint density at radius 2 is 1.73 bits per heavy atom. The van der Waals surface area contributed by atoms with Crippen LogP contribution in [0.5, 0.6) is 0 Å². The van der Waals surface area contributed by atoms with Gasteiger partial charge in [0.05, 0.1) is 21.9 Å². The van der Waals surface area contributed by atoms with Crippen LogP contribution in [0.2, 0.25) is 0 Å². The SMILES string of the molecule is Cc1cccc(C)c1-n1c(S[C@H](C)C#N)nnc1-c1cccc(S(=O)(=O)N(C)C)c1. The third-order valence-corrected chi connectivity index (χ3v) is 7.38. The first-order valence-corrected chi connectivity index (χ1v) is 11.6. The topological polar surface area (TPSA) is 91.9 Å². The Morgan fingerprint density at radius 3 is 2.33 bits per heavy atom. The molecule has 0 spiro atoms. The van der Waals surface area contributed by atoms with Crippen molar-refractivity contribution in [3.63, 3.8) is 0 Å². The van der Waals surface area contributed by atoms with E-state index in [2.05, 4.69) is 16.3 Å². The van der Waals surface area contributed by atoms with Crippen molar-refractivity contribution in [2.45, 2.75) is 36.1 Å². The van der Waals surface area contributed by atoms with Crippen molar-refractivity contribution in [1.82, 2.24) is 19.1 Å². The van der Waals surface area contributed by atoms with Gasteiger partial charge in [0.2, 0.25) is 10.0 Å². The predicted molar refractivity (Wildman–Crippen MR) is 118 cm³/mol. The molecule has 0 aliphatic heterocycles. The Balaban J connectivity index is 2.26. The standard InChI is InChI=1S/C21H23N5O2S2/c1-14-8-6-9-15(2)19(14)26-20(23-24-21(26)29-16(3)13-22)17-10-7-11-18(12-17)30(27,28)25(4)5/h6-12,16H,1-5H3/t16-/m1/s1. The molecule has 1 atom stereocenters. The molecule has 0 bridgehead atoms. The molecular formula is C21H23N5O2S2. The number of rotatable bonds is 6. The van der Waals surface area contributed by atoms with Crippen LogP contribution in [0.15, 0.2) is 52.5 Å². The average molecular weight is 442 g/mol. The first kappa shape index (κ1) is 22.0. The van der Waals surface area contributed by atoms with Gasteiger partial charge >= 0.3 is 0 Å². The molecule has 156 valence electrons. The van der Waals surface area contributed by atoms with Crippen LogP contribution in [0, 0.1) is 25.2 Å². The van der Waals surface area contributed by atoms with Crippen molar-refractivity contribution < 1.29 is 8.42 Å². The highest BCUT2D eigenvalue weighted by molar-refractivity contribution is 8.00. The van der Waals surface area contributed by atoms with E-state index >= 15 is 0 Å². The molecule has 1 aromatic heterocycles. The molecule has 30 heavy (non-hydrogen) atoms. The maximum absolute atomic E-state index is 12.6. The van der Waals surface area contributed by atoms with Gasteiger partial charge in [0.15, 0.2) is 11.0 Å². The van der Waals surface area contributed by atoms with Crippen LogP contribution in [0.1, 0.15) is 18.1 Å². The van der Waals surface area contributed by atoms with E-state index in [0.29, 0.717) is 16.5 Å². The van der Waals surface area contributed by atoms with Crippen molar-refractivity contribution >= 4 is 21.8 Å². The molecule has 0 amide bonds. The number of sulfonamides is 1. The number of thioether (sulfide) groups is 1. The maximum Gasteiger partial charge on any atom is 0.242 e. The Bertz CT molecular complexity index is 1210. The van der Waals surface area contributed by atoms with E-state index in [9.17, 15) is 13.7 Å². The monoisotopic (exact) mass is 441 g/mol. The van der Waals surface area contributed by atoms with Gasteiger partial charge in [-0.25, -0.2) is 12.7 Å². The average Bonchev–Trinajstić information content (AvgIpc) is 3.11. The summed E-state index contributed by atoms with van der Waals surface area (Å²) >= 11 is 1.31. The summed E-state index contributed by atoms with van der Waals surface area (Å²) in [6.07, 6.45) is 0. The first-order chi connectivity index (χ1) is 14.2. The van der Waals surface area contributed by atoms with Crippen LogP contribution < -0.4 is 0 Å². The Labute approximate surface area is 181 Å². The van der Waals surface area contributed by atoms with E-state index in [1.165, 1.54) is 30.2 Å². The third-order valence-electron chi connectivity index (χ3n) is 4.63. The summed E-state index contributed by atoms with van der Waals surface area (Å²) in [5.74, 6) is 0.524. The molecule has 3 rings (SSSR count). The lowest BCUT2D eigenvalue weighted by atomic mass is 10.1. The molecule has 0 N–H and O–H groups in total. The van der Waals surface area contributed by atoms with Gasteiger partial charge in [0, 0.05) is 19.7 Å². The molecule has 9 heteroatoms. The van der Waals surface area contributed by atoms with Gasteiger partial charge in [-0.15, -0.1) is 10.2 Å². The number of aryl methyl sites for hydroxylation is 2. The first-order valence-electron chi connectivity index (χ1n) is 9.28.